The van der Waals surface area contributed by atoms with Crippen LogP contribution in [0.25, 0.3) is 5.69 Å². The zero-order valence-corrected chi connectivity index (χ0v) is 16.8. The number of benzene rings is 3. The van der Waals surface area contributed by atoms with Crippen LogP contribution in [0, 0.1) is 0 Å². The van der Waals surface area contributed by atoms with Gasteiger partial charge in [0.1, 0.15) is 5.75 Å². The Morgan fingerprint density at radius 2 is 1.39 bits per heavy atom. The number of para-hydroxylation sites is 1. The van der Waals surface area contributed by atoms with E-state index < -0.39 is 0 Å². The van der Waals surface area contributed by atoms with Gasteiger partial charge in [-0.05, 0) is 66.7 Å². The number of nitrogens with one attached hydrogen (secondary N) is 2. The molecule has 4 aromatic rings. The van der Waals surface area contributed by atoms with Crippen LogP contribution in [0.3, 0.4) is 0 Å². The van der Waals surface area contributed by atoms with Gasteiger partial charge in [0.05, 0.1) is 12.8 Å². The summed E-state index contributed by atoms with van der Waals surface area (Å²) in [6, 6.07) is 24.9. The van der Waals surface area contributed by atoms with Gasteiger partial charge in [-0.2, -0.15) is 5.10 Å². The van der Waals surface area contributed by atoms with Crippen molar-refractivity contribution in [3.63, 3.8) is 0 Å². The third kappa shape index (κ3) is 4.79. The molecule has 0 saturated carbocycles. The van der Waals surface area contributed by atoms with Crippen LogP contribution in [-0.4, -0.2) is 28.7 Å². The van der Waals surface area contributed by atoms with Crippen LogP contribution in [0.1, 0.15) is 20.8 Å². The van der Waals surface area contributed by atoms with Crippen molar-refractivity contribution < 1.29 is 14.3 Å². The fraction of sp³-hybridized carbons (Fsp3) is 0.0417. The second-order valence-electron chi connectivity index (χ2n) is 6.70. The fourth-order valence-corrected chi connectivity index (χ4v) is 2.95. The summed E-state index contributed by atoms with van der Waals surface area (Å²) in [5.41, 5.74) is 2.87. The van der Waals surface area contributed by atoms with Gasteiger partial charge in [-0.25, -0.2) is 4.68 Å². The van der Waals surface area contributed by atoms with Crippen molar-refractivity contribution in [3.8, 4) is 11.4 Å². The van der Waals surface area contributed by atoms with Gasteiger partial charge in [-0.15, -0.1) is 0 Å². The summed E-state index contributed by atoms with van der Waals surface area (Å²) in [6.07, 6.45) is 1.73. The Hall–Kier alpha value is -4.39. The predicted octanol–water partition coefficient (Wildman–Crippen LogP) is 4.39. The number of carbonyl (C=O) groups excluding carboxylic acids is 2. The Balaban J connectivity index is 1.38. The molecule has 0 unspecified atom stereocenters. The number of amides is 2. The summed E-state index contributed by atoms with van der Waals surface area (Å²) in [7, 11) is 1.59. The third-order valence-corrected chi connectivity index (χ3v) is 4.60. The van der Waals surface area contributed by atoms with Gasteiger partial charge in [-0.1, -0.05) is 18.2 Å². The number of nitrogens with zero attached hydrogens (tertiary/aromatic N) is 2. The molecular weight excluding hydrogens is 392 g/mol. The topological polar surface area (TPSA) is 85.3 Å². The molecule has 1 aromatic heterocycles. The molecule has 7 heteroatoms. The van der Waals surface area contributed by atoms with Gasteiger partial charge in [0.15, 0.2) is 5.69 Å². The summed E-state index contributed by atoms with van der Waals surface area (Å²) in [5.74, 6) is 0.140. The minimum absolute atomic E-state index is 0.246. The molecule has 0 spiro atoms. The molecule has 7 nitrogen and oxygen atoms in total. The highest BCUT2D eigenvalue weighted by molar-refractivity contribution is 6.05. The Labute approximate surface area is 179 Å². The van der Waals surface area contributed by atoms with E-state index in [9.17, 15) is 9.59 Å². The predicted molar refractivity (Wildman–Crippen MR) is 119 cm³/mol. The molecule has 0 atom stereocenters. The summed E-state index contributed by atoms with van der Waals surface area (Å²) >= 11 is 0. The molecule has 0 aliphatic carbocycles. The first-order valence-corrected chi connectivity index (χ1v) is 9.60. The van der Waals surface area contributed by atoms with E-state index in [1.54, 1.807) is 72.6 Å². The molecule has 0 saturated heterocycles. The zero-order valence-electron chi connectivity index (χ0n) is 16.8. The van der Waals surface area contributed by atoms with E-state index in [4.69, 9.17) is 4.74 Å². The van der Waals surface area contributed by atoms with Crippen molar-refractivity contribution in [2.45, 2.75) is 0 Å². The lowest BCUT2D eigenvalue weighted by Gasteiger charge is -2.08. The van der Waals surface area contributed by atoms with Crippen LogP contribution >= 0.6 is 0 Å². The zero-order chi connectivity index (χ0) is 21.6. The molecule has 0 bridgehead atoms. The SMILES string of the molecule is COc1ccc(NC(=O)c2ccc(NC(=O)c3ccn(-c4ccccc4)n3)cc2)cc1. The van der Waals surface area contributed by atoms with Crippen molar-refractivity contribution in [1.29, 1.82) is 0 Å². The lowest BCUT2D eigenvalue weighted by molar-refractivity contribution is 0.101. The van der Waals surface area contributed by atoms with E-state index in [1.807, 2.05) is 30.3 Å². The number of anilines is 2. The van der Waals surface area contributed by atoms with Gasteiger partial charge in [-0.3, -0.25) is 9.59 Å². The molecule has 4 rings (SSSR count). The molecule has 2 amide bonds. The van der Waals surface area contributed by atoms with Crippen LogP contribution in [0.2, 0.25) is 0 Å². The van der Waals surface area contributed by atoms with Crippen molar-refractivity contribution >= 4 is 23.2 Å². The average molecular weight is 412 g/mol. The lowest BCUT2D eigenvalue weighted by atomic mass is 10.2. The van der Waals surface area contributed by atoms with E-state index in [2.05, 4.69) is 15.7 Å². The molecular formula is C24H20N4O3. The van der Waals surface area contributed by atoms with Gasteiger partial charge in [0.2, 0.25) is 0 Å². The number of hydrogen-bond acceptors (Lipinski definition) is 4. The second kappa shape index (κ2) is 8.96. The van der Waals surface area contributed by atoms with Crippen molar-refractivity contribution in [1.82, 2.24) is 9.78 Å². The van der Waals surface area contributed by atoms with E-state index in [1.165, 1.54) is 0 Å². The van der Waals surface area contributed by atoms with Crippen LogP contribution in [0.5, 0.6) is 5.75 Å². The number of methoxy groups -OCH3 is 1. The standard InChI is InChI=1S/C24H20N4O3/c1-31-21-13-11-19(12-14-21)25-23(29)17-7-9-18(10-8-17)26-24(30)22-15-16-28(27-22)20-5-3-2-4-6-20/h2-16H,1H3,(H,25,29)(H,26,30). The second-order valence-corrected chi connectivity index (χ2v) is 6.70. The maximum atomic E-state index is 12.5. The number of ether oxygens (including phenoxy) is 1. The quantitative estimate of drug-likeness (QED) is 0.492. The number of carbonyl (C=O) groups is 2. The number of rotatable bonds is 6. The highest BCUT2D eigenvalue weighted by Gasteiger charge is 2.12. The highest BCUT2D eigenvalue weighted by Crippen LogP contribution is 2.17. The molecule has 0 aliphatic rings. The maximum Gasteiger partial charge on any atom is 0.276 e. The van der Waals surface area contributed by atoms with Crippen LogP contribution in [0.15, 0.2) is 91.1 Å². The Bertz CT molecular complexity index is 1180. The van der Waals surface area contributed by atoms with Crippen LogP contribution in [0.4, 0.5) is 11.4 Å². The van der Waals surface area contributed by atoms with Crippen molar-refractivity contribution in [3.05, 3.63) is 102 Å². The highest BCUT2D eigenvalue weighted by atomic mass is 16.5. The van der Waals surface area contributed by atoms with Gasteiger partial charge in [0, 0.05) is 23.1 Å². The van der Waals surface area contributed by atoms with Gasteiger partial charge >= 0.3 is 0 Å². The lowest BCUT2D eigenvalue weighted by Crippen LogP contribution is -2.14. The van der Waals surface area contributed by atoms with Crippen molar-refractivity contribution in [2.75, 3.05) is 17.7 Å². The maximum absolute atomic E-state index is 12.5. The van der Waals surface area contributed by atoms with E-state index in [0.29, 0.717) is 28.4 Å². The summed E-state index contributed by atoms with van der Waals surface area (Å²) < 4.78 is 6.75. The molecule has 0 radical (unpaired) electrons. The minimum Gasteiger partial charge on any atom is -0.497 e. The van der Waals surface area contributed by atoms with Crippen LogP contribution < -0.4 is 15.4 Å². The van der Waals surface area contributed by atoms with Crippen molar-refractivity contribution in [2.24, 2.45) is 0 Å². The van der Waals surface area contributed by atoms with E-state index in [0.717, 1.165) is 5.69 Å². The largest absolute Gasteiger partial charge is 0.497 e. The average Bonchev–Trinajstić information content (AvgIpc) is 3.31. The summed E-state index contributed by atoms with van der Waals surface area (Å²) in [4.78, 5) is 24.9. The molecule has 1 heterocycles. The Morgan fingerprint density at radius 1 is 0.774 bits per heavy atom. The molecule has 2 N–H and O–H groups in total. The Morgan fingerprint density at radius 3 is 2.03 bits per heavy atom. The van der Waals surface area contributed by atoms with E-state index in [-0.39, 0.29) is 11.8 Å². The fourth-order valence-electron chi connectivity index (χ4n) is 2.95. The monoisotopic (exact) mass is 412 g/mol. The molecule has 0 aliphatic heterocycles. The first-order chi connectivity index (χ1) is 15.1. The molecule has 31 heavy (non-hydrogen) atoms. The Kier molecular flexibility index (Phi) is 5.75. The van der Waals surface area contributed by atoms with Gasteiger partial charge in [0.25, 0.3) is 11.8 Å². The number of aromatic nitrogens is 2. The summed E-state index contributed by atoms with van der Waals surface area (Å²) in [6.45, 7) is 0. The first-order valence-electron chi connectivity index (χ1n) is 9.60. The minimum atomic E-state index is -0.329. The number of hydrogen-bond donors (Lipinski definition) is 2. The smallest absolute Gasteiger partial charge is 0.276 e. The summed E-state index contributed by atoms with van der Waals surface area (Å²) in [5, 5.41) is 9.92. The van der Waals surface area contributed by atoms with Crippen LogP contribution in [-0.2, 0) is 0 Å². The first kappa shape index (κ1) is 19.9. The molecule has 154 valence electrons. The third-order valence-electron chi connectivity index (χ3n) is 4.60. The molecule has 0 fully saturated rings. The van der Waals surface area contributed by atoms with Gasteiger partial charge < -0.3 is 15.4 Å². The van der Waals surface area contributed by atoms with E-state index >= 15 is 0 Å². The molecule has 3 aromatic carbocycles. The normalized spacial score (nSPS) is 10.4.